The monoisotopic (exact) mass is 753 g/mol. The van der Waals surface area contributed by atoms with Gasteiger partial charge in [-0.25, -0.2) is 0 Å². The Morgan fingerprint density at radius 1 is 0.873 bits per heavy atom. The zero-order valence-electron chi connectivity index (χ0n) is 29.5. The molecule has 1 saturated carbocycles. The van der Waals surface area contributed by atoms with Crippen molar-refractivity contribution < 1.29 is 51.7 Å². The maximum absolute atomic E-state index is 15.0. The van der Waals surface area contributed by atoms with Crippen molar-refractivity contribution in [1.82, 2.24) is 15.0 Å². The number of ether oxygens (including phenoxy) is 3. The van der Waals surface area contributed by atoms with E-state index in [1.54, 1.807) is 19.0 Å². The Balaban J connectivity index is 1.26. The lowest BCUT2D eigenvalue weighted by atomic mass is 9.54. The lowest BCUT2D eigenvalue weighted by molar-refractivity contribution is -0.274. The Labute approximate surface area is 312 Å². The minimum Gasteiger partial charge on any atom is -0.507 e. The minimum atomic E-state index is -4.92. The van der Waals surface area contributed by atoms with E-state index in [2.05, 4.69) is 14.9 Å². The third-order valence-corrected chi connectivity index (χ3v) is 10.6. The molecule has 5 aromatic rings. The smallest absolute Gasteiger partial charge is 0.507 e. The number of nitrogens with zero attached hydrogens (tertiary/aromatic N) is 3. The van der Waals surface area contributed by atoms with Gasteiger partial charge in [0.15, 0.2) is 11.4 Å². The number of aromatic nitrogens is 2. The van der Waals surface area contributed by atoms with Gasteiger partial charge in [0, 0.05) is 29.5 Å². The van der Waals surface area contributed by atoms with Gasteiger partial charge >= 0.3 is 6.36 Å². The highest BCUT2D eigenvalue weighted by molar-refractivity contribution is 6.26. The van der Waals surface area contributed by atoms with Crippen molar-refractivity contribution in [1.29, 1.82) is 0 Å². The molecule has 3 aliphatic rings. The average molecular weight is 754 g/mol. The number of ketones is 2. The van der Waals surface area contributed by atoms with Crippen molar-refractivity contribution in [3.63, 3.8) is 0 Å². The minimum absolute atomic E-state index is 0.0224. The quantitative estimate of drug-likeness (QED) is 0.151. The molecule has 0 unspecified atom stereocenters. The molecule has 0 radical (unpaired) electrons. The predicted octanol–water partition coefficient (Wildman–Crippen LogP) is 6.98. The highest BCUT2D eigenvalue weighted by atomic mass is 19.4. The molecule has 14 heteroatoms. The Bertz CT molecular complexity index is 2290. The molecule has 11 nitrogen and oxygen atoms in total. The van der Waals surface area contributed by atoms with Crippen LogP contribution in [0.15, 0.2) is 107 Å². The molecule has 0 aliphatic heterocycles. The number of aliphatic hydroxyl groups is 2. The van der Waals surface area contributed by atoms with Gasteiger partial charge in [-0.2, -0.15) is 0 Å². The van der Waals surface area contributed by atoms with Gasteiger partial charge in [0.25, 0.3) is 5.88 Å². The number of benzene rings is 3. The summed E-state index contributed by atoms with van der Waals surface area (Å²) in [6.45, 7) is 0.0960. The van der Waals surface area contributed by atoms with Gasteiger partial charge in [0.2, 0.25) is 11.6 Å². The molecule has 3 aromatic carbocycles. The van der Waals surface area contributed by atoms with E-state index in [-0.39, 0.29) is 53.7 Å². The van der Waals surface area contributed by atoms with Crippen LogP contribution in [-0.2, 0) is 18.0 Å². The number of pyridine rings is 1. The fourth-order valence-corrected chi connectivity index (χ4v) is 8.24. The average Bonchev–Trinajstić information content (AvgIpc) is 3.58. The summed E-state index contributed by atoms with van der Waals surface area (Å²) in [4.78, 5) is 35.7. The van der Waals surface area contributed by atoms with Gasteiger partial charge in [-0.3, -0.25) is 19.5 Å². The van der Waals surface area contributed by atoms with E-state index in [4.69, 9.17) is 14.0 Å². The number of carbonyl (C=O) groups excluding carboxylic acids is 2. The molecule has 3 aliphatic carbocycles. The summed E-state index contributed by atoms with van der Waals surface area (Å²) in [7, 11) is 3.41. The van der Waals surface area contributed by atoms with Gasteiger partial charge in [-0.1, -0.05) is 72.8 Å². The second-order valence-electron chi connectivity index (χ2n) is 14.0. The molecule has 5 atom stereocenters. The van der Waals surface area contributed by atoms with Gasteiger partial charge < -0.3 is 28.9 Å². The number of Topliss-reactive ketones (excluding diaryl/α,β-unsaturated/α-hetero) is 2. The van der Waals surface area contributed by atoms with Crippen LogP contribution in [0.25, 0.3) is 5.76 Å². The van der Waals surface area contributed by atoms with Crippen LogP contribution in [0.3, 0.4) is 0 Å². The van der Waals surface area contributed by atoms with Crippen LogP contribution in [0, 0.1) is 11.8 Å². The molecule has 2 heterocycles. The molecule has 1 fully saturated rings. The summed E-state index contributed by atoms with van der Waals surface area (Å²) in [5.41, 5.74) is -0.502. The maximum atomic E-state index is 15.0. The zero-order valence-corrected chi connectivity index (χ0v) is 29.5. The van der Waals surface area contributed by atoms with E-state index in [1.807, 2.05) is 60.7 Å². The van der Waals surface area contributed by atoms with Crippen LogP contribution in [-0.4, -0.2) is 62.9 Å². The molecule has 0 amide bonds. The number of fused-ring (bicyclic) bond motifs is 4. The highest BCUT2D eigenvalue weighted by Crippen LogP contribution is 2.59. The van der Waals surface area contributed by atoms with Crippen molar-refractivity contribution in [2.75, 3.05) is 14.1 Å². The largest absolute Gasteiger partial charge is 0.573 e. The number of alkyl halides is 3. The van der Waals surface area contributed by atoms with E-state index in [1.165, 1.54) is 24.5 Å². The maximum Gasteiger partial charge on any atom is 0.573 e. The van der Waals surface area contributed by atoms with E-state index in [0.29, 0.717) is 11.1 Å². The topological polar surface area (TPSA) is 144 Å². The zero-order chi connectivity index (χ0) is 38.6. The first kappa shape index (κ1) is 36.0. The van der Waals surface area contributed by atoms with Crippen molar-refractivity contribution in [3.05, 3.63) is 142 Å². The van der Waals surface area contributed by atoms with Crippen molar-refractivity contribution in [2.45, 2.75) is 43.6 Å². The van der Waals surface area contributed by atoms with Crippen LogP contribution in [0.4, 0.5) is 13.2 Å². The van der Waals surface area contributed by atoms with Crippen LogP contribution < -0.4 is 14.2 Å². The highest BCUT2D eigenvalue weighted by Gasteiger charge is 2.66. The number of aliphatic hydroxyl groups excluding tert-OH is 1. The van der Waals surface area contributed by atoms with Crippen LogP contribution in [0.2, 0.25) is 0 Å². The van der Waals surface area contributed by atoms with Gasteiger partial charge in [-0.05, 0) is 60.1 Å². The van der Waals surface area contributed by atoms with Crippen LogP contribution >= 0.6 is 0 Å². The lowest BCUT2D eigenvalue weighted by Crippen LogP contribution is -2.63. The summed E-state index contributed by atoms with van der Waals surface area (Å²) in [6, 6.07) is 22.7. The van der Waals surface area contributed by atoms with E-state index in [0.717, 1.165) is 23.3 Å². The van der Waals surface area contributed by atoms with Gasteiger partial charge in [0.1, 0.15) is 36.0 Å². The molecule has 2 aromatic heterocycles. The molecule has 0 bridgehead atoms. The summed E-state index contributed by atoms with van der Waals surface area (Å²) >= 11 is 0. The second-order valence-corrected chi connectivity index (χ2v) is 14.0. The van der Waals surface area contributed by atoms with E-state index in [9.17, 15) is 28.2 Å². The number of carbonyl (C=O) groups is 2. The van der Waals surface area contributed by atoms with Crippen molar-refractivity contribution in [2.24, 2.45) is 11.8 Å². The van der Waals surface area contributed by atoms with Crippen LogP contribution in [0.1, 0.15) is 62.3 Å². The standard InChI is InChI=1S/C41H34F3N3O8/c1-47(2)34-28-17-26-30(24-13-15-25(16-14-24)54-41(42,43)44)27-18-45-19-29(52-20-22-9-5-3-6-10-22)31(27)35(48)32(26)37(49)40(28,51)38(50)33-36(34)55-46-39(33)53-21-23-11-7-4-8-12-23/h3-16,18-19,26,28,30,34,48,51H,17,20-21H2,1-2H3/t26-,28+,30-,34+,40+/m1/s1. The number of halogens is 3. The SMILES string of the molecule is CN(C)[C@@H]1c2onc(OCc3ccccc3)c2C(=O)[C@@]2(O)C(=O)C3=C(O)c4c(OCc5ccccc5)cncc4[C@H](c4ccc(OC(F)(F)F)cc4)[C@H]3C[C@@H]12. The third-order valence-electron chi connectivity index (χ3n) is 10.6. The van der Waals surface area contributed by atoms with Crippen LogP contribution in [0.5, 0.6) is 17.4 Å². The first-order chi connectivity index (χ1) is 26.4. The molecule has 282 valence electrons. The first-order valence-electron chi connectivity index (χ1n) is 17.4. The van der Waals surface area contributed by atoms with E-state index < -0.39 is 58.8 Å². The van der Waals surface area contributed by atoms with Gasteiger partial charge in [0.05, 0.1) is 17.8 Å². The normalized spacial score (nSPS) is 23.1. The summed E-state index contributed by atoms with van der Waals surface area (Å²) in [6.07, 6.45) is -2.07. The molecule has 2 N–H and O–H groups in total. The third kappa shape index (κ3) is 6.20. The Morgan fingerprint density at radius 3 is 2.13 bits per heavy atom. The fraction of sp³-hybridized carbons (Fsp3) is 0.268. The number of hydrogen-bond acceptors (Lipinski definition) is 11. The first-order valence-corrected chi connectivity index (χ1v) is 17.4. The van der Waals surface area contributed by atoms with Crippen molar-refractivity contribution >= 4 is 17.3 Å². The Hall–Kier alpha value is -5.99. The molecular formula is C41H34F3N3O8. The van der Waals surface area contributed by atoms with Crippen molar-refractivity contribution in [3.8, 4) is 17.4 Å². The molecular weight excluding hydrogens is 719 g/mol. The Morgan fingerprint density at radius 2 is 1.51 bits per heavy atom. The van der Waals surface area contributed by atoms with Gasteiger partial charge in [-0.15, -0.1) is 13.2 Å². The molecule has 55 heavy (non-hydrogen) atoms. The predicted molar refractivity (Wildman–Crippen MR) is 189 cm³/mol. The fourth-order valence-electron chi connectivity index (χ4n) is 8.24. The molecule has 8 rings (SSSR count). The second kappa shape index (κ2) is 13.7. The molecule has 0 spiro atoms. The van der Waals surface area contributed by atoms with E-state index >= 15 is 4.79 Å². The number of rotatable bonds is 9. The summed E-state index contributed by atoms with van der Waals surface area (Å²) in [5, 5.41) is 28.8. The summed E-state index contributed by atoms with van der Waals surface area (Å²) in [5.74, 6) is -5.73. The summed E-state index contributed by atoms with van der Waals surface area (Å²) < 4.78 is 61.3. The Kier molecular flexibility index (Phi) is 8.97. The molecule has 0 saturated heterocycles. The number of hydrogen-bond donors (Lipinski definition) is 2. The lowest BCUT2D eigenvalue weighted by Gasteiger charge is -2.51.